The third-order valence-electron chi connectivity index (χ3n) is 11.0. The zero-order chi connectivity index (χ0) is 40.6. The van der Waals surface area contributed by atoms with E-state index in [0.717, 1.165) is 76.6 Å². The maximum absolute atomic E-state index is 16.0. The van der Waals surface area contributed by atoms with E-state index in [1.807, 2.05) is 4.90 Å². The lowest BCUT2D eigenvalue weighted by molar-refractivity contribution is -0.119. The number of rotatable bonds is 11. The minimum absolute atomic E-state index is 0.0128. The molecular weight excluding hydrogens is 778 g/mol. The van der Waals surface area contributed by atoms with Crippen LogP contribution in [0.4, 0.5) is 33.6 Å². The van der Waals surface area contributed by atoms with E-state index in [1.165, 1.54) is 26.5 Å². The molecule has 3 fully saturated rings. The third-order valence-corrected chi connectivity index (χ3v) is 14.4. The first-order valence-corrected chi connectivity index (χ1v) is 21.1. The number of amides is 1. The molecule has 3 heterocycles. The van der Waals surface area contributed by atoms with E-state index < -0.39 is 59.8 Å². The molecule has 3 unspecified atom stereocenters. The minimum Gasteiger partial charge on any atom is -0.490 e. The van der Waals surface area contributed by atoms with Crippen LogP contribution in [0.3, 0.4) is 0 Å². The molecule has 1 saturated carbocycles. The van der Waals surface area contributed by atoms with Gasteiger partial charge in [-0.15, -0.1) is 0 Å². The standard InChI is InChI=1S/C38H48F5N7O4S2/c1-21-19-38(49-48-21,23-11-9-7-6-8-10-12-23)47-34-33(54-5)35(50-16-15-24(20-50)44-22(2)51)46-36(45-34)55-29-14-13-25(17-26(29)39)56(52,53)37(3,4)30-31(42)27(40)18-28(41)32(30)43/h13-14,17-18,21,23-24,48-49H,6-12,15-16,19-20H2,1-5H3,(H,44,51)(H,45,46,47). The van der Waals surface area contributed by atoms with Crippen LogP contribution in [0.15, 0.2) is 39.2 Å². The van der Waals surface area contributed by atoms with Crippen LogP contribution in [0.25, 0.3) is 0 Å². The fourth-order valence-corrected chi connectivity index (χ4v) is 10.4. The normalized spacial score (nSPS) is 22.5. The molecule has 0 bridgehead atoms. The molecule has 0 spiro atoms. The third kappa shape index (κ3) is 8.29. The highest BCUT2D eigenvalue weighted by Gasteiger charge is 2.46. The van der Waals surface area contributed by atoms with Crippen molar-refractivity contribution in [1.29, 1.82) is 0 Å². The summed E-state index contributed by atoms with van der Waals surface area (Å²) in [7, 11) is -3.32. The van der Waals surface area contributed by atoms with Crippen LogP contribution in [0, 0.1) is 35.0 Å². The van der Waals surface area contributed by atoms with Crippen LogP contribution in [-0.2, 0) is 19.4 Å². The number of anilines is 2. The van der Waals surface area contributed by atoms with Crippen molar-refractivity contribution in [2.24, 2.45) is 5.92 Å². The van der Waals surface area contributed by atoms with Gasteiger partial charge in [0.2, 0.25) is 11.7 Å². The van der Waals surface area contributed by atoms with Crippen LogP contribution in [0.5, 0.6) is 5.75 Å². The lowest BCUT2D eigenvalue weighted by Crippen LogP contribution is -2.56. The molecule has 1 aromatic heterocycles. The first kappa shape index (κ1) is 41.9. The van der Waals surface area contributed by atoms with Gasteiger partial charge >= 0.3 is 0 Å². The van der Waals surface area contributed by atoms with Crippen molar-refractivity contribution in [2.45, 2.75) is 123 Å². The largest absolute Gasteiger partial charge is 0.490 e. The van der Waals surface area contributed by atoms with Crippen molar-refractivity contribution in [3.05, 3.63) is 58.9 Å². The monoisotopic (exact) mass is 825 g/mol. The van der Waals surface area contributed by atoms with Gasteiger partial charge in [-0.2, -0.15) is 0 Å². The second-order valence-corrected chi connectivity index (χ2v) is 18.9. The summed E-state index contributed by atoms with van der Waals surface area (Å²) in [5.41, 5.74) is 4.97. The quantitative estimate of drug-likeness (QED) is 0.0895. The number of ether oxygens (including phenoxy) is 1. The van der Waals surface area contributed by atoms with Gasteiger partial charge < -0.3 is 20.3 Å². The first-order valence-electron chi connectivity index (χ1n) is 18.8. The number of halogens is 5. The van der Waals surface area contributed by atoms with Crippen LogP contribution < -0.4 is 31.1 Å². The molecule has 3 aliphatic rings. The molecule has 0 radical (unpaired) electrons. The number of methoxy groups -OCH3 is 1. The summed E-state index contributed by atoms with van der Waals surface area (Å²) in [6.45, 7) is 6.27. The Bertz CT molecular complexity index is 2040. The van der Waals surface area contributed by atoms with Gasteiger partial charge in [0.25, 0.3) is 0 Å². The molecule has 11 nitrogen and oxygen atoms in total. The zero-order valence-corrected chi connectivity index (χ0v) is 33.6. The fraction of sp³-hybridized carbons (Fsp3) is 0.553. The maximum Gasteiger partial charge on any atom is 0.217 e. The Hall–Kier alpha value is -3.74. The Labute approximate surface area is 328 Å². The van der Waals surface area contributed by atoms with Gasteiger partial charge in [-0.3, -0.25) is 10.2 Å². The Morgan fingerprint density at radius 3 is 2.23 bits per heavy atom. The Kier molecular flexibility index (Phi) is 12.4. The predicted octanol–water partition coefficient (Wildman–Crippen LogP) is 7.11. The van der Waals surface area contributed by atoms with Gasteiger partial charge in [-0.25, -0.2) is 45.8 Å². The number of benzene rings is 2. The van der Waals surface area contributed by atoms with Crippen molar-refractivity contribution in [3.63, 3.8) is 0 Å². The van der Waals surface area contributed by atoms with Crippen molar-refractivity contribution < 1.29 is 39.9 Å². The van der Waals surface area contributed by atoms with Gasteiger partial charge in [-0.1, -0.05) is 32.1 Å². The first-order chi connectivity index (χ1) is 26.5. The summed E-state index contributed by atoms with van der Waals surface area (Å²) >= 11 is 0.824. The Balaban J connectivity index is 1.38. The van der Waals surface area contributed by atoms with Crippen molar-refractivity contribution in [1.82, 2.24) is 26.1 Å². The smallest absolute Gasteiger partial charge is 0.217 e. The molecule has 18 heteroatoms. The van der Waals surface area contributed by atoms with Gasteiger partial charge in [0.1, 0.15) is 16.2 Å². The number of nitrogens with one attached hydrogen (secondary N) is 4. The summed E-state index contributed by atoms with van der Waals surface area (Å²) in [6.07, 6.45) is 9.04. The molecule has 1 amide bonds. The molecule has 1 aliphatic carbocycles. The number of hydrazine groups is 1. The number of nitrogens with zero attached hydrogens (tertiary/aromatic N) is 3. The molecule has 2 aromatic carbocycles. The molecule has 306 valence electrons. The van der Waals surface area contributed by atoms with Gasteiger partial charge in [0, 0.05) is 44.6 Å². The molecular formula is C38H48F5N7O4S2. The van der Waals surface area contributed by atoms with E-state index in [1.54, 1.807) is 0 Å². The lowest BCUT2D eigenvalue weighted by atomic mass is 9.79. The van der Waals surface area contributed by atoms with Crippen LogP contribution in [0.1, 0.15) is 91.0 Å². The number of sulfone groups is 1. The number of aromatic nitrogens is 2. The summed E-state index contributed by atoms with van der Waals surface area (Å²) in [5.74, 6) is -7.06. The number of hydrogen-bond acceptors (Lipinski definition) is 11. The second-order valence-electron chi connectivity index (χ2n) is 15.4. The minimum atomic E-state index is -4.84. The van der Waals surface area contributed by atoms with Crippen LogP contribution in [0.2, 0.25) is 0 Å². The van der Waals surface area contributed by atoms with Crippen molar-refractivity contribution in [2.75, 3.05) is 30.4 Å². The fourth-order valence-electron chi connectivity index (χ4n) is 8.12. The number of carbonyl (C=O) groups excluding carboxylic acids is 1. The molecule has 56 heavy (non-hydrogen) atoms. The highest BCUT2D eigenvalue weighted by atomic mass is 32.2. The van der Waals surface area contributed by atoms with E-state index in [-0.39, 0.29) is 40.0 Å². The summed E-state index contributed by atoms with van der Waals surface area (Å²) in [5, 5.41) is 6.75. The predicted molar refractivity (Wildman–Crippen MR) is 203 cm³/mol. The summed E-state index contributed by atoms with van der Waals surface area (Å²) in [4.78, 5) is 22.8. The SMILES string of the molecule is COc1c(NC2(C3CCCCCCC3)CC(C)NN2)nc(Sc2ccc(S(=O)(=O)C(C)(C)c3c(F)c(F)cc(F)c3F)cc2F)nc1N1CCC(NC(C)=O)C1. The molecule has 3 atom stereocenters. The van der Waals surface area contributed by atoms with E-state index in [2.05, 4.69) is 28.4 Å². The maximum atomic E-state index is 16.0. The number of carbonyl (C=O) groups is 1. The molecule has 2 saturated heterocycles. The highest BCUT2D eigenvalue weighted by Crippen LogP contribution is 2.44. The topological polar surface area (TPSA) is 138 Å². The summed E-state index contributed by atoms with van der Waals surface area (Å²) < 4.78 is 105. The van der Waals surface area contributed by atoms with E-state index in [9.17, 15) is 30.8 Å². The van der Waals surface area contributed by atoms with Gasteiger partial charge in [0.05, 0.1) is 22.5 Å². The highest BCUT2D eigenvalue weighted by molar-refractivity contribution is 7.99. The Morgan fingerprint density at radius 2 is 1.64 bits per heavy atom. The van der Waals surface area contributed by atoms with Gasteiger partial charge in [-0.05, 0) is 75.9 Å². The summed E-state index contributed by atoms with van der Waals surface area (Å²) in [6, 6.07) is 2.88. The lowest BCUT2D eigenvalue weighted by Gasteiger charge is -2.40. The number of hydrogen-bond donors (Lipinski definition) is 4. The molecule has 4 N–H and O–H groups in total. The van der Waals surface area contributed by atoms with Crippen molar-refractivity contribution in [3.8, 4) is 5.75 Å². The average molecular weight is 826 g/mol. The zero-order valence-electron chi connectivity index (χ0n) is 32.0. The van der Waals surface area contributed by atoms with Gasteiger partial charge in [0.15, 0.2) is 49.9 Å². The molecule has 2 aliphatic heterocycles. The van der Waals surface area contributed by atoms with E-state index >= 15 is 4.39 Å². The molecule has 3 aromatic rings. The van der Waals surface area contributed by atoms with Crippen LogP contribution in [-0.4, -0.2) is 62.2 Å². The van der Waals surface area contributed by atoms with E-state index in [4.69, 9.17) is 14.7 Å². The average Bonchev–Trinajstić information content (AvgIpc) is 3.73. The van der Waals surface area contributed by atoms with E-state index in [0.29, 0.717) is 43.0 Å². The van der Waals surface area contributed by atoms with Crippen molar-refractivity contribution >= 4 is 39.1 Å². The van der Waals surface area contributed by atoms with Crippen LogP contribution >= 0.6 is 11.8 Å². The Morgan fingerprint density at radius 1 is 0.982 bits per heavy atom. The molecule has 6 rings (SSSR count). The second kappa shape index (κ2) is 16.6.